The van der Waals surface area contributed by atoms with Crippen LogP contribution < -0.4 is 9.44 Å². The molecule has 1 amide bonds. The molecule has 1 aliphatic heterocycles. The molecule has 1 aromatic heterocycles. The van der Waals surface area contributed by atoms with Gasteiger partial charge in [0.05, 0.1) is 28.4 Å². The van der Waals surface area contributed by atoms with Gasteiger partial charge in [-0.25, -0.2) is 26.5 Å². The van der Waals surface area contributed by atoms with Gasteiger partial charge in [-0.3, -0.25) is 9.52 Å². The van der Waals surface area contributed by atoms with E-state index in [2.05, 4.69) is 30.5 Å². The van der Waals surface area contributed by atoms with Gasteiger partial charge in [0.1, 0.15) is 11.1 Å². The normalized spacial score (nSPS) is 17.3. The molecule has 9 nitrogen and oxygen atoms in total. The summed E-state index contributed by atoms with van der Waals surface area (Å²) in [4.78, 5) is 20.1. The molecule has 0 radical (unpaired) electrons. The highest BCUT2D eigenvalue weighted by Crippen LogP contribution is 2.33. The third-order valence-corrected chi connectivity index (χ3v) is 11.2. The summed E-state index contributed by atoms with van der Waals surface area (Å²) in [6.45, 7) is 6.31. The van der Waals surface area contributed by atoms with E-state index in [1.54, 1.807) is 48.5 Å². The summed E-state index contributed by atoms with van der Waals surface area (Å²) >= 11 is 0. The largest absolute Gasteiger partial charge is 0.341 e. The maximum atomic E-state index is 13.8. The molecule has 1 saturated heterocycles. The van der Waals surface area contributed by atoms with Crippen molar-refractivity contribution in [1.82, 2.24) is 19.4 Å². The number of rotatable bonds is 8. The summed E-state index contributed by atoms with van der Waals surface area (Å²) < 4.78 is 57.2. The lowest BCUT2D eigenvalue weighted by molar-refractivity contribution is -0.118. The predicted molar refractivity (Wildman–Crippen MR) is 174 cm³/mol. The van der Waals surface area contributed by atoms with E-state index in [9.17, 15) is 21.6 Å². The molecule has 0 saturated carbocycles. The SMILES string of the molecule is CC(C)(C)c1cccc2[nH]c(C(Cc3ccc(C4CC(=O)NS4(=O)=O)cc3)NS(=O)(=O)c3ccc(-c4ccccc4)cc3)nc12. The van der Waals surface area contributed by atoms with Crippen LogP contribution in [0.5, 0.6) is 0 Å². The van der Waals surface area contributed by atoms with E-state index in [0.29, 0.717) is 11.4 Å². The van der Waals surface area contributed by atoms with Crippen molar-refractivity contribution in [2.45, 2.75) is 55.2 Å². The van der Waals surface area contributed by atoms with E-state index in [1.807, 2.05) is 53.3 Å². The van der Waals surface area contributed by atoms with Gasteiger partial charge in [-0.2, -0.15) is 0 Å². The van der Waals surface area contributed by atoms with Crippen molar-refractivity contribution in [2.75, 3.05) is 0 Å². The zero-order valence-electron chi connectivity index (χ0n) is 25.1. The van der Waals surface area contributed by atoms with Gasteiger partial charge in [0.2, 0.25) is 26.0 Å². The number of amides is 1. The number of carbonyl (C=O) groups excluding carboxylic acids is 1. The molecule has 1 aliphatic rings. The monoisotopic (exact) mass is 642 g/mol. The number of aromatic nitrogens is 2. The summed E-state index contributed by atoms with van der Waals surface area (Å²) in [6, 6.07) is 28.4. The van der Waals surface area contributed by atoms with Crippen LogP contribution in [-0.4, -0.2) is 32.7 Å². The maximum Gasteiger partial charge on any atom is 0.242 e. The number of hydrogen-bond acceptors (Lipinski definition) is 6. The van der Waals surface area contributed by atoms with E-state index in [0.717, 1.165) is 33.3 Å². The van der Waals surface area contributed by atoms with E-state index < -0.39 is 37.2 Å². The first kappa shape index (κ1) is 30.7. The van der Waals surface area contributed by atoms with Gasteiger partial charge < -0.3 is 4.98 Å². The van der Waals surface area contributed by atoms with Crippen molar-refractivity contribution in [3.63, 3.8) is 0 Å². The zero-order chi connectivity index (χ0) is 32.0. The second-order valence-corrected chi connectivity index (χ2v) is 15.9. The topological polar surface area (TPSA) is 138 Å². The first-order valence-electron chi connectivity index (χ1n) is 14.6. The number of sulfonamides is 2. The second-order valence-electron chi connectivity index (χ2n) is 12.3. The Morgan fingerprint density at radius 2 is 1.56 bits per heavy atom. The van der Waals surface area contributed by atoms with Crippen LogP contribution in [0.25, 0.3) is 22.2 Å². The molecule has 2 unspecified atom stereocenters. The van der Waals surface area contributed by atoms with E-state index >= 15 is 0 Å². The fourth-order valence-electron chi connectivity index (χ4n) is 5.68. The lowest BCUT2D eigenvalue weighted by Gasteiger charge is -2.19. The van der Waals surface area contributed by atoms with Gasteiger partial charge >= 0.3 is 0 Å². The first-order chi connectivity index (χ1) is 21.3. The minimum absolute atomic E-state index is 0.123. The fourth-order valence-corrected chi connectivity index (χ4v) is 8.31. The van der Waals surface area contributed by atoms with Crippen LogP contribution in [0.15, 0.2) is 102 Å². The molecule has 4 aromatic carbocycles. The highest BCUT2D eigenvalue weighted by atomic mass is 32.2. The van der Waals surface area contributed by atoms with Crippen molar-refractivity contribution in [2.24, 2.45) is 0 Å². The van der Waals surface area contributed by atoms with Gasteiger partial charge in [0, 0.05) is 0 Å². The van der Waals surface area contributed by atoms with Crippen molar-refractivity contribution in [3.8, 4) is 11.1 Å². The van der Waals surface area contributed by atoms with Crippen LogP contribution in [-0.2, 0) is 36.7 Å². The van der Waals surface area contributed by atoms with Gasteiger partial charge in [-0.1, -0.05) is 99.6 Å². The Bertz CT molecular complexity index is 2080. The molecule has 3 N–H and O–H groups in total. The first-order valence-corrected chi connectivity index (χ1v) is 17.6. The van der Waals surface area contributed by atoms with Gasteiger partial charge in [0.15, 0.2) is 0 Å². The average molecular weight is 643 g/mol. The second kappa shape index (κ2) is 11.6. The number of aromatic amines is 1. The Labute approximate surface area is 263 Å². The summed E-state index contributed by atoms with van der Waals surface area (Å²) in [7, 11) is -7.76. The van der Waals surface area contributed by atoms with Gasteiger partial charge in [-0.05, 0) is 57.9 Å². The Kier molecular flexibility index (Phi) is 7.88. The Morgan fingerprint density at radius 1 is 0.889 bits per heavy atom. The summed E-state index contributed by atoms with van der Waals surface area (Å²) in [5, 5.41) is -0.960. The Morgan fingerprint density at radius 3 is 2.18 bits per heavy atom. The molecule has 0 aliphatic carbocycles. The number of nitrogens with zero attached hydrogens (tertiary/aromatic N) is 1. The molecule has 2 atom stereocenters. The van der Waals surface area contributed by atoms with Crippen LogP contribution in [0.2, 0.25) is 0 Å². The number of H-pyrrole nitrogens is 1. The molecule has 232 valence electrons. The number of para-hydroxylation sites is 1. The number of imidazole rings is 1. The third kappa shape index (κ3) is 6.42. The number of benzene rings is 4. The molecule has 11 heteroatoms. The van der Waals surface area contributed by atoms with Crippen LogP contribution in [0.3, 0.4) is 0 Å². The Hall–Kier alpha value is -4.32. The van der Waals surface area contributed by atoms with E-state index in [-0.39, 0.29) is 23.2 Å². The summed E-state index contributed by atoms with van der Waals surface area (Å²) in [6.07, 6.45) is 0.100. The van der Waals surface area contributed by atoms with Gasteiger partial charge in [0.25, 0.3) is 0 Å². The zero-order valence-corrected chi connectivity index (χ0v) is 26.7. The number of nitrogens with one attached hydrogen (secondary N) is 3. The molecule has 0 bridgehead atoms. The predicted octanol–water partition coefficient (Wildman–Crippen LogP) is 5.68. The average Bonchev–Trinajstić information content (AvgIpc) is 3.56. The molecule has 45 heavy (non-hydrogen) atoms. The molecule has 2 heterocycles. The molecule has 1 fully saturated rings. The van der Waals surface area contributed by atoms with Gasteiger partial charge in [-0.15, -0.1) is 0 Å². The summed E-state index contributed by atoms with van der Waals surface area (Å²) in [5.41, 5.74) is 5.56. The maximum absolute atomic E-state index is 13.8. The van der Waals surface area contributed by atoms with Crippen molar-refractivity contribution in [3.05, 3.63) is 120 Å². The van der Waals surface area contributed by atoms with E-state index in [4.69, 9.17) is 4.98 Å². The number of carbonyl (C=O) groups is 1. The van der Waals surface area contributed by atoms with Crippen LogP contribution in [0.4, 0.5) is 0 Å². The van der Waals surface area contributed by atoms with Crippen molar-refractivity contribution < 1.29 is 21.6 Å². The standard InChI is InChI=1S/C34H34N4O5S2/c1-34(2,3)27-10-7-11-28-32(27)36-33(35-28)29(20-22-12-14-25(15-13-22)30-21-31(39)38-45(30,42)43)37-44(40,41)26-18-16-24(17-19-26)23-8-5-4-6-9-23/h4-19,29-30,37H,20-21H2,1-3H3,(H,35,36)(H,38,39). The number of fused-ring (bicyclic) bond motifs is 1. The van der Waals surface area contributed by atoms with Crippen LogP contribution in [0, 0.1) is 0 Å². The lowest BCUT2D eigenvalue weighted by Crippen LogP contribution is -2.31. The quantitative estimate of drug-likeness (QED) is 0.199. The highest BCUT2D eigenvalue weighted by molar-refractivity contribution is 7.90. The molecule has 6 rings (SSSR count). The number of hydrogen-bond donors (Lipinski definition) is 3. The van der Waals surface area contributed by atoms with E-state index in [1.165, 1.54) is 0 Å². The minimum Gasteiger partial charge on any atom is -0.341 e. The fraction of sp³-hybridized carbons (Fsp3) is 0.235. The van der Waals surface area contributed by atoms with Crippen molar-refractivity contribution >= 4 is 37.0 Å². The third-order valence-electron chi connectivity index (χ3n) is 8.03. The molecule has 5 aromatic rings. The molecular weight excluding hydrogens is 609 g/mol. The Balaban J connectivity index is 1.34. The van der Waals surface area contributed by atoms with Crippen molar-refractivity contribution in [1.29, 1.82) is 0 Å². The summed E-state index contributed by atoms with van der Waals surface area (Å²) in [5.74, 6) is -0.0710. The minimum atomic E-state index is -3.98. The molecular formula is C34H34N4O5S2. The van der Waals surface area contributed by atoms with Crippen LogP contribution >= 0.6 is 0 Å². The highest BCUT2D eigenvalue weighted by Gasteiger charge is 2.37. The van der Waals surface area contributed by atoms with Crippen LogP contribution in [0.1, 0.15) is 61.0 Å². The smallest absolute Gasteiger partial charge is 0.242 e. The molecule has 0 spiro atoms. The lowest BCUT2D eigenvalue weighted by atomic mass is 9.86.